The summed E-state index contributed by atoms with van der Waals surface area (Å²) in [5, 5.41) is 2.48. The Balaban J connectivity index is 1.64. The van der Waals surface area contributed by atoms with Gasteiger partial charge in [-0.3, -0.25) is 4.72 Å². The number of hydrogen-bond acceptors (Lipinski definition) is 4. The Hall–Kier alpha value is -2.05. The number of hydrogen-bond donors (Lipinski definition) is 1. The van der Waals surface area contributed by atoms with Crippen molar-refractivity contribution in [3.05, 3.63) is 53.4 Å². The van der Waals surface area contributed by atoms with Crippen molar-refractivity contribution in [2.45, 2.75) is 24.7 Å². The van der Waals surface area contributed by atoms with Crippen LogP contribution in [0.25, 0.3) is 10.1 Å². The predicted molar refractivity (Wildman–Crippen MR) is 105 cm³/mol. The van der Waals surface area contributed by atoms with Gasteiger partial charge in [0, 0.05) is 34.2 Å². The molecule has 1 aliphatic rings. The Labute approximate surface area is 152 Å². The molecule has 0 saturated carbocycles. The van der Waals surface area contributed by atoms with Crippen molar-refractivity contribution >= 4 is 42.8 Å². The van der Waals surface area contributed by atoms with Crippen LogP contribution in [0.3, 0.4) is 0 Å². The molecule has 4 nitrogen and oxygen atoms in total. The standard InChI is InChI=1S/C19H20N2O2S2/c1-14-12-15(21-10-4-5-11-21)8-9-17(14)20-25(22,23)19-13-24-18-7-3-2-6-16(18)19/h2-3,6-9,12-13,20H,4-5,10-11H2,1H3. The summed E-state index contributed by atoms with van der Waals surface area (Å²) in [5.41, 5.74) is 2.74. The van der Waals surface area contributed by atoms with E-state index in [9.17, 15) is 8.42 Å². The van der Waals surface area contributed by atoms with Gasteiger partial charge < -0.3 is 4.90 Å². The second kappa shape index (κ2) is 6.35. The van der Waals surface area contributed by atoms with E-state index in [1.54, 1.807) is 5.38 Å². The maximum absolute atomic E-state index is 12.9. The second-order valence-corrected chi connectivity index (χ2v) is 8.96. The maximum atomic E-state index is 12.9. The van der Waals surface area contributed by atoms with E-state index in [2.05, 4.69) is 15.7 Å². The van der Waals surface area contributed by atoms with Crippen molar-refractivity contribution in [2.75, 3.05) is 22.7 Å². The zero-order valence-electron chi connectivity index (χ0n) is 14.0. The number of thiophene rings is 1. The molecule has 2 heterocycles. The quantitative estimate of drug-likeness (QED) is 0.727. The fourth-order valence-corrected chi connectivity index (χ4v) is 5.93. The first kappa shape index (κ1) is 16.4. The zero-order chi connectivity index (χ0) is 17.4. The first-order valence-electron chi connectivity index (χ1n) is 8.39. The molecule has 3 aromatic rings. The second-order valence-electron chi connectivity index (χ2n) is 6.39. The summed E-state index contributed by atoms with van der Waals surface area (Å²) in [7, 11) is -3.60. The highest BCUT2D eigenvalue weighted by atomic mass is 32.2. The lowest BCUT2D eigenvalue weighted by Gasteiger charge is -2.19. The molecule has 0 atom stereocenters. The van der Waals surface area contributed by atoms with Gasteiger partial charge in [-0.2, -0.15) is 0 Å². The van der Waals surface area contributed by atoms with Crippen LogP contribution in [-0.4, -0.2) is 21.5 Å². The highest BCUT2D eigenvalue weighted by molar-refractivity contribution is 7.93. The Morgan fingerprint density at radius 3 is 2.60 bits per heavy atom. The van der Waals surface area contributed by atoms with E-state index >= 15 is 0 Å². The smallest absolute Gasteiger partial charge is 0.263 e. The van der Waals surface area contributed by atoms with Crippen molar-refractivity contribution in [2.24, 2.45) is 0 Å². The summed E-state index contributed by atoms with van der Waals surface area (Å²) >= 11 is 1.45. The van der Waals surface area contributed by atoms with Gasteiger partial charge in [0.05, 0.1) is 5.69 Å². The Morgan fingerprint density at radius 2 is 1.84 bits per heavy atom. The van der Waals surface area contributed by atoms with Gasteiger partial charge >= 0.3 is 0 Å². The highest BCUT2D eigenvalue weighted by Crippen LogP contribution is 2.32. The van der Waals surface area contributed by atoms with Crippen LogP contribution in [0.4, 0.5) is 11.4 Å². The van der Waals surface area contributed by atoms with E-state index in [0.717, 1.165) is 28.7 Å². The first-order chi connectivity index (χ1) is 12.0. The van der Waals surface area contributed by atoms with E-state index in [1.807, 2.05) is 43.3 Å². The lowest BCUT2D eigenvalue weighted by Crippen LogP contribution is -2.18. The normalized spacial score (nSPS) is 15.0. The number of benzene rings is 2. The van der Waals surface area contributed by atoms with Crippen LogP contribution in [0.2, 0.25) is 0 Å². The van der Waals surface area contributed by atoms with E-state index in [1.165, 1.54) is 29.9 Å². The van der Waals surface area contributed by atoms with E-state index in [4.69, 9.17) is 0 Å². The molecule has 2 aromatic carbocycles. The summed E-state index contributed by atoms with van der Waals surface area (Å²) in [4.78, 5) is 2.69. The van der Waals surface area contributed by atoms with Gasteiger partial charge in [-0.05, 0) is 49.6 Å². The predicted octanol–water partition coefficient (Wildman–Crippen LogP) is 4.61. The van der Waals surface area contributed by atoms with Crippen LogP contribution in [-0.2, 0) is 10.0 Å². The number of rotatable bonds is 4. The molecule has 25 heavy (non-hydrogen) atoms. The average molecular weight is 373 g/mol. The number of aryl methyl sites for hydroxylation is 1. The molecule has 1 N–H and O–H groups in total. The average Bonchev–Trinajstić information content (AvgIpc) is 3.26. The van der Waals surface area contributed by atoms with Gasteiger partial charge in [-0.1, -0.05) is 18.2 Å². The molecule has 1 fully saturated rings. The molecule has 0 bridgehead atoms. The van der Waals surface area contributed by atoms with Crippen LogP contribution < -0.4 is 9.62 Å². The van der Waals surface area contributed by atoms with Crippen LogP contribution in [0.1, 0.15) is 18.4 Å². The van der Waals surface area contributed by atoms with Gasteiger partial charge in [0.1, 0.15) is 4.90 Å². The molecular weight excluding hydrogens is 352 g/mol. The lowest BCUT2D eigenvalue weighted by molar-refractivity contribution is 0.602. The number of anilines is 2. The number of nitrogens with one attached hydrogen (secondary N) is 1. The molecule has 1 aliphatic heterocycles. The van der Waals surface area contributed by atoms with Gasteiger partial charge in [-0.25, -0.2) is 8.42 Å². The van der Waals surface area contributed by atoms with Crippen molar-refractivity contribution in [1.82, 2.24) is 0 Å². The molecule has 130 valence electrons. The Bertz CT molecular complexity index is 1020. The number of fused-ring (bicyclic) bond motifs is 1. The van der Waals surface area contributed by atoms with Crippen LogP contribution in [0.15, 0.2) is 52.7 Å². The number of sulfonamides is 1. The monoisotopic (exact) mass is 372 g/mol. The third-order valence-electron chi connectivity index (χ3n) is 4.66. The van der Waals surface area contributed by atoms with Gasteiger partial charge in [0.15, 0.2) is 0 Å². The summed E-state index contributed by atoms with van der Waals surface area (Å²) in [6, 6.07) is 13.5. The molecule has 0 spiro atoms. The highest BCUT2D eigenvalue weighted by Gasteiger charge is 2.20. The summed E-state index contributed by atoms with van der Waals surface area (Å²) in [6.07, 6.45) is 2.44. The molecule has 1 aromatic heterocycles. The molecule has 0 radical (unpaired) electrons. The van der Waals surface area contributed by atoms with Gasteiger partial charge in [0.25, 0.3) is 10.0 Å². The molecule has 0 unspecified atom stereocenters. The van der Waals surface area contributed by atoms with E-state index in [0.29, 0.717) is 10.6 Å². The molecule has 0 aliphatic carbocycles. The SMILES string of the molecule is Cc1cc(N2CCCC2)ccc1NS(=O)(=O)c1csc2ccccc12. The van der Waals surface area contributed by atoms with E-state index in [-0.39, 0.29) is 0 Å². The maximum Gasteiger partial charge on any atom is 0.263 e. The summed E-state index contributed by atoms with van der Waals surface area (Å²) < 4.78 is 29.4. The zero-order valence-corrected chi connectivity index (χ0v) is 15.7. The third kappa shape index (κ3) is 3.12. The summed E-state index contributed by atoms with van der Waals surface area (Å²) in [5.74, 6) is 0. The number of nitrogens with zero attached hydrogens (tertiary/aromatic N) is 1. The topological polar surface area (TPSA) is 49.4 Å². The summed E-state index contributed by atoms with van der Waals surface area (Å²) in [6.45, 7) is 4.10. The van der Waals surface area contributed by atoms with E-state index < -0.39 is 10.0 Å². The molecular formula is C19H20N2O2S2. The fourth-order valence-electron chi connectivity index (χ4n) is 3.30. The largest absolute Gasteiger partial charge is 0.372 e. The van der Waals surface area contributed by atoms with Crippen LogP contribution in [0, 0.1) is 6.92 Å². The van der Waals surface area contributed by atoms with Crippen LogP contribution in [0.5, 0.6) is 0 Å². The molecule has 4 rings (SSSR count). The third-order valence-corrected chi connectivity index (χ3v) is 7.18. The van der Waals surface area contributed by atoms with Crippen molar-refractivity contribution in [1.29, 1.82) is 0 Å². The lowest BCUT2D eigenvalue weighted by atomic mass is 10.2. The van der Waals surface area contributed by atoms with Crippen molar-refractivity contribution in [3.8, 4) is 0 Å². The minimum atomic E-state index is -3.60. The Morgan fingerprint density at radius 1 is 1.08 bits per heavy atom. The molecule has 1 saturated heterocycles. The van der Waals surface area contributed by atoms with Gasteiger partial charge in [-0.15, -0.1) is 11.3 Å². The van der Waals surface area contributed by atoms with Crippen molar-refractivity contribution in [3.63, 3.8) is 0 Å². The van der Waals surface area contributed by atoms with Crippen molar-refractivity contribution < 1.29 is 8.42 Å². The van der Waals surface area contributed by atoms with Crippen LogP contribution >= 0.6 is 11.3 Å². The molecule has 0 amide bonds. The van der Waals surface area contributed by atoms with Gasteiger partial charge in [0.2, 0.25) is 0 Å². The Kier molecular flexibility index (Phi) is 4.17. The molecule has 6 heteroatoms. The fraction of sp³-hybridized carbons (Fsp3) is 0.263. The minimum Gasteiger partial charge on any atom is -0.372 e. The first-order valence-corrected chi connectivity index (χ1v) is 10.8. The minimum absolute atomic E-state index is 0.344.